The number of hydrogen-bond donors (Lipinski definition) is 1. The molecule has 0 aliphatic heterocycles. The highest BCUT2D eigenvalue weighted by Crippen LogP contribution is 2.28. The third kappa shape index (κ3) is 4.18. The zero-order chi connectivity index (χ0) is 17.0. The maximum absolute atomic E-state index is 12.5. The highest BCUT2D eigenvalue weighted by Gasteiger charge is 2.30. The van der Waals surface area contributed by atoms with Crippen molar-refractivity contribution in [3.63, 3.8) is 0 Å². The molecule has 0 amide bonds. The molecule has 0 fully saturated rings. The Morgan fingerprint density at radius 3 is 2.65 bits per heavy atom. The second-order valence-electron chi connectivity index (χ2n) is 4.80. The number of nitrogens with zero attached hydrogens (tertiary/aromatic N) is 3. The number of pyridine rings is 1. The molecule has 2 rings (SSSR count). The Hall–Kier alpha value is -2.64. The minimum Gasteiger partial charge on any atom is -0.478 e. The second-order valence-corrected chi connectivity index (χ2v) is 4.80. The molecule has 0 radical (unpaired) electrons. The fourth-order valence-corrected chi connectivity index (χ4v) is 1.96. The number of carbonyl (C=O) groups is 1. The molecular weight excluding hydrogens is 311 g/mol. The van der Waals surface area contributed by atoms with E-state index in [-0.39, 0.29) is 5.82 Å². The van der Waals surface area contributed by atoms with Gasteiger partial charge in [-0.2, -0.15) is 18.3 Å². The van der Waals surface area contributed by atoms with Crippen LogP contribution in [0.5, 0.6) is 0 Å². The minimum atomic E-state index is -4.45. The number of carboxylic acid groups (broad SMARTS) is 1. The summed E-state index contributed by atoms with van der Waals surface area (Å²) >= 11 is 0. The van der Waals surface area contributed by atoms with E-state index >= 15 is 0 Å². The number of halogens is 3. The molecule has 1 N–H and O–H groups in total. The lowest BCUT2D eigenvalue weighted by atomic mass is 10.1. The van der Waals surface area contributed by atoms with Crippen LogP contribution in [0.3, 0.4) is 0 Å². The molecule has 0 atom stereocenters. The number of aliphatic carboxylic acids is 1. The van der Waals surface area contributed by atoms with E-state index in [1.54, 1.807) is 6.20 Å². The number of rotatable bonds is 5. The molecule has 0 spiro atoms. The second kappa shape index (κ2) is 6.64. The average Bonchev–Trinajstić information content (AvgIpc) is 2.88. The van der Waals surface area contributed by atoms with E-state index in [2.05, 4.69) is 10.1 Å². The van der Waals surface area contributed by atoms with Crippen molar-refractivity contribution in [2.24, 2.45) is 0 Å². The molecule has 0 bridgehead atoms. The van der Waals surface area contributed by atoms with Crippen LogP contribution in [-0.2, 0) is 17.4 Å². The average molecular weight is 325 g/mol. The van der Waals surface area contributed by atoms with Crippen LogP contribution in [0.2, 0.25) is 0 Å². The van der Waals surface area contributed by atoms with Crippen LogP contribution in [0, 0.1) is 0 Å². The molecule has 0 saturated carbocycles. The summed E-state index contributed by atoms with van der Waals surface area (Å²) < 4.78 is 39.0. The molecule has 0 aliphatic rings. The number of carboxylic acids is 1. The van der Waals surface area contributed by atoms with Gasteiger partial charge in [0.25, 0.3) is 0 Å². The zero-order valence-corrected chi connectivity index (χ0v) is 12.2. The van der Waals surface area contributed by atoms with Crippen LogP contribution in [0.1, 0.15) is 30.2 Å². The monoisotopic (exact) mass is 325 g/mol. The van der Waals surface area contributed by atoms with Crippen molar-refractivity contribution in [1.29, 1.82) is 0 Å². The lowest BCUT2D eigenvalue weighted by Gasteiger charge is -2.06. The standard InChI is InChI=1S/C15H14F3N3O2/c1-2-3-12-10(4-7-14(22)23)9-21(20-12)13-6-5-11(8-19-13)15(16,17)18/h4-9H,2-3H2,1H3,(H,22,23)/b7-4+. The van der Waals surface area contributed by atoms with Crippen LogP contribution in [-0.4, -0.2) is 25.8 Å². The molecule has 5 nitrogen and oxygen atoms in total. The van der Waals surface area contributed by atoms with Gasteiger partial charge in [-0.3, -0.25) is 0 Å². The van der Waals surface area contributed by atoms with Gasteiger partial charge in [0.05, 0.1) is 11.3 Å². The van der Waals surface area contributed by atoms with Crippen molar-refractivity contribution in [3.05, 3.63) is 47.4 Å². The number of hydrogen-bond acceptors (Lipinski definition) is 3. The molecule has 0 saturated heterocycles. The van der Waals surface area contributed by atoms with E-state index in [9.17, 15) is 18.0 Å². The van der Waals surface area contributed by atoms with Gasteiger partial charge in [-0.05, 0) is 24.6 Å². The van der Waals surface area contributed by atoms with Crippen molar-refractivity contribution in [1.82, 2.24) is 14.8 Å². The zero-order valence-electron chi connectivity index (χ0n) is 12.2. The molecule has 2 heterocycles. The quantitative estimate of drug-likeness (QED) is 0.856. The van der Waals surface area contributed by atoms with E-state index in [0.717, 1.165) is 24.8 Å². The number of aromatic nitrogens is 3. The SMILES string of the molecule is CCCc1nn(-c2ccc(C(F)(F)F)cn2)cc1/C=C/C(=O)O. The highest BCUT2D eigenvalue weighted by molar-refractivity contribution is 5.85. The van der Waals surface area contributed by atoms with Gasteiger partial charge in [0.1, 0.15) is 0 Å². The normalized spacial score (nSPS) is 12.0. The summed E-state index contributed by atoms with van der Waals surface area (Å²) in [5.41, 5.74) is 0.413. The first-order chi connectivity index (χ1) is 10.8. The summed E-state index contributed by atoms with van der Waals surface area (Å²) in [6.07, 6.45) is 1.64. The van der Waals surface area contributed by atoms with Gasteiger partial charge in [0, 0.05) is 24.0 Å². The van der Waals surface area contributed by atoms with Crippen LogP contribution in [0.25, 0.3) is 11.9 Å². The van der Waals surface area contributed by atoms with Gasteiger partial charge in [-0.25, -0.2) is 14.5 Å². The van der Waals surface area contributed by atoms with E-state index in [0.29, 0.717) is 17.7 Å². The third-order valence-corrected chi connectivity index (χ3v) is 3.03. The van der Waals surface area contributed by atoms with Gasteiger partial charge < -0.3 is 5.11 Å². The lowest BCUT2D eigenvalue weighted by Crippen LogP contribution is -2.07. The Morgan fingerprint density at radius 1 is 1.39 bits per heavy atom. The Morgan fingerprint density at radius 2 is 2.13 bits per heavy atom. The van der Waals surface area contributed by atoms with Gasteiger partial charge in [-0.1, -0.05) is 13.3 Å². The summed E-state index contributed by atoms with van der Waals surface area (Å²) in [7, 11) is 0. The molecule has 0 aromatic carbocycles. The largest absolute Gasteiger partial charge is 0.478 e. The Balaban J connectivity index is 2.36. The van der Waals surface area contributed by atoms with Gasteiger partial charge in [-0.15, -0.1) is 0 Å². The smallest absolute Gasteiger partial charge is 0.417 e. The molecule has 122 valence electrons. The maximum atomic E-state index is 12.5. The number of alkyl halides is 3. The van der Waals surface area contributed by atoms with Gasteiger partial charge in [0.2, 0.25) is 0 Å². The van der Waals surface area contributed by atoms with Crippen LogP contribution in [0.4, 0.5) is 13.2 Å². The van der Waals surface area contributed by atoms with E-state index in [1.807, 2.05) is 6.92 Å². The third-order valence-electron chi connectivity index (χ3n) is 3.03. The molecular formula is C15H14F3N3O2. The van der Waals surface area contributed by atoms with Crippen molar-refractivity contribution in [2.75, 3.05) is 0 Å². The first-order valence-electron chi connectivity index (χ1n) is 6.84. The predicted molar refractivity (Wildman–Crippen MR) is 77.0 cm³/mol. The Kier molecular flexibility index (Phi) is 4.83. The molecule has 2 aromatic heterocycles. The summed E-state index contributed by atoms with van der Waals surface area (Å²) in [5, 5.41) is 13.0. The van der Waals surface area contributed by atoms with Crippen molar-refractivity contribution in [2.45, 2.75) is 25.9 Å². The maximum Gasteiger partial charge on any atom is 0.417 e. The lowest BCUT2D eigenvalue weighted by molar-refractivity contribution is -0.137. The van der Waals surface area contributed by atoms with Gasteiger partial charge >= 0.3 is 12.1 Å². The van der Waals surface area contributed by atoms with Crippen LogP contribution in [0.15, 0.2) is 30.6 Å². The van der Waals surface area contributed by atoms with E-state index in [1.165, 1.54) is 16.8 Å². The molecule has 8 heteroatoms. The summed E-state index contributed by atoms with van der Waals surface area (Å²) in [4.78, 5) is 14.4. The summed E-state index contributed by atoms with van der Waals surface area (Å²) in [6, 6.07) is 2.15. The molecule has 0 unspecified atom stereocenters. The van der Waals surface area contributed by atoms with Crippen molar-refractivity contribution >= 4 is 12.0 Å². The van der Waals surface area contributed by atoms with Crippen LogP contribution >= 0.6 is 0 Å². The Labute approximate surface area is 130 Å². The first kappa shape index (κ1) is 16.7. The summed E-state index contributed by atoms with van der Waals surface area (Å²) in [6.45, 7) is 1.94. The number of aryl methyl sites for hydroxylation is 1. The topological polar surface area (TPSA) is 68.0 Å². The highest BCUT2D eigenvalue weighted by atomic mass is 19.4. The van der Waals surface area contributed by atoms with Gasteiger partial charge in [0.15, 0.2) is 5.82 Å². The Bertz CT molecular complexity index is 719. The van der Waals surface area contributed by atoms with E-state index < -0.39 is 17.7 Å². The van der Waals surface area contributed by atoms with Crippen molar-refractivity contribution in [3.8, 4) is 5.82 Å². The predicted octanol–water partition coefficient (Wildman–Crippen LogP) is 3.34. The van der Waals surface area contributed by atoms with E-state index in [4.69, 9.17) is 5.11 Å². The molecule has 0 aliphatic carbocycles. The van der Waals surface area contributed by atoms with Crippen molar-refractivity contribution < 1.29 is 23.1 Å². The minimum absolute atomic E-state index is 0.227. The first-order valence-corrected chi connectivity index (χ1v) is 6.84. The molecule has 2 aromatic rings. The molecule has 23 heavy (non-hydrogen) atoms. The summed E-state index contributed by atoms with van der Waals surface area (Å²) in [5.74, 6) is -0.863. The fourth-order valence-electron chi connectivity index (χ4n) is 1.96. The van der Waals surface area contributed by atoms with Crippen LogP contribution < -0.4 is 0 Å². The fraction of sp³-hybridized carbons (Fsp3) is 0.267.